The first-order valence-electron chi connectivity index (χ1n) is 13.6. The van der Waals surface area contributed by atoms with Crippen molar-refractivity contribution in [3.63, 3.8) is 0 Å². The van der Waals surface area contributed by atoms with Gasteiger partial charge >= 0.3 is 0 Å². The Morgan fingerprint density at radius 3 is 1.17 bits per heavy atom. The summed E-state index contributed by atoms with van der Waals surface area (Å²) in [6.45, 7) is 0. The molecule has 0 amide bonds. The van der Waals surface area contributed by atoms with Gasteiger partial charge in [0.05, 0.1) is 0 Å². The van der Waals surface area contributed by atoms with Gasteiger partial charge in [0.2, 0.25) is 0 Å². The number of para-hydroxylation sites is 2. The molecule has 2 nitrogen and oxygen atoms in total. The monoisotopic (exact) mass is 470 g/mol. The van der Waals surface area contributed by atoms with Crippen LogP contribution in [0.1, 0.15) is 43.2 Å². The predicted molar refractivity (Wildman–Crippen MR) is 150 cm³/mol. The van der Waals surface area contributed by atoms with Crippen molar-refractivity contribution in [1.29, 1.82) is 0 Å². The van der Waals surface area contributed by atoms with E-state index in [0.29, 0.717) is 0 Å². The lowest BCUT2D eigenvalue weighted by Gasteiger charge is -2.62. The number of anilines is 4. The average molecular weight is 471 g/mol. The Labute approximate surface area is 214 Å². The van der Waals surface area contributed by atoms with E-state index in [2.05, 4.69) is 120 Å². The molecule has 4 aliphatic rings. The Hall–Kier alpha value is -3.52. The molecule has 4 bridgehead atoms. The maximum atomic E-state index is 3.57. The third-order valence-corrected chi connectivity index (χ3v) is 9.28. The normalized spacial score (nSPS) is 25.4. The van der Waals surface area contributed by atoms with Crippen molar-refractivity contribution in [1.82, 2.24) is 0 Å². The Balaban J connectivity index is 1.25. The molecule has 2 heteroatoms. The average Bonchev–Trinajstić information content (AvgIpc) is 2.91. The summed E-state index contributed by atoms with van der Waals surface area (Å²) in [4.78, 5) is 0. The second-order valence-electron chi connectivity index (χ2n) is 11.3. The highest BCUT2D eigenvalue weighted by Crippen LogP contribution is 2.65. The largest absolute Gasteiger partial charge is 0.356 e. The van der Waals surface area contributed by atoms with Gasteiger partial charge in [-0.05, 0) is 115 Å². The van der Waals surface area contributed by atoms with Gasteiger partial charge in [0, 0.05) is 28.2 Å². The maximum absolute atomic E-state index is 3.57. The van der Waals surface area contributed by atoms with Crippen LogP contribution >= 0.6 is 0 Å². The van der Waals surface area contributed by atoms with Crippen molar-refractivity contribution in [2.24, 2.45) is 23.7 Å². The topological polar surface area (TPSA) is 24.1 Å². The minimum atomic E-state index is 0.129. The van der Waals surface area contributed by atoms with E-state index in [1.165, 1.54) is 43.2 Å². The zero-order valence-corrected chi connectivity index (χ0v) is 20.7. The lowest BCUT2D eigenvalue weighted by Crippen LogP contribution is -2.56. The molecule has 0 unspecified atom stereocenters. The first-order chi connectivity index (χ1) is 17.8. The molecule has 4 saturated carbocycles. The summed E-state index contributed by atoms with van der Waals surface area (Å²) in [5.41, 5.74) is 7.74. The van der Waals surface area contributed by atoms with Crippen LogP contribution in [0.5, 0.6) is 0 Å². The fourth-order valence-electron chi connectivity index (χ4n) is 8.07. The van der Waals surface area contributed by atoms with E-state index < -0.39 is 0 Å². The molecular formula is C34H34N2. The molecule has 2 N–H and O–H groups in total. The predicted octanol–water partition coefficient (Wildman–Crippen LogP) is 8.92. The number of hydrogen-bond donors (Lipinski definition) is 2. The van der Waals surface area contributed by atoms with E-state index in [9.17, 15) is 0 Å². The molecule has 4 aromatic carbocycles. The smallest absolute Gasteiger partial charge is 0.0384 e. The number of benzene rings is 4. The summed E-state index contributed by atoms with van der Waals surface area (Å²) >= 11 is 0. The van der Waals surface area contributed by atoms with Crippen LogP contribution in [0.25, 0.3) is 0 Å². The molecule has 0 aliphatic heterocycles. The molecular weight excluding hydrogens is 436 g/mol. The van der Waals surface area contributed by atoms with Gasteiger partial charge in [-0.1, -0.05) is 60.7 Å². The molecule has 4 fully saturated rings. The second kappa shape index (κ2) is 8.85. The molecule has 180 valence electrons. The highest BCUT2D eigenvalue weighted by Gasteiger charge is 2.58. The first kappa shape index (κ1) is 21.7. The van der Waals surface area contributed by atoms with Gasteiger partial charge in [0.15, 0.2) is 0 Å². The summed E-state index contributed by atoms with van der Waals surface area (Å²) in [7, 11) is 0. The van der Waals surface area contributed by atoms with Crippen molar-refractivity contribution in [2.75, 3.05) is 10.6 Å². The van der Waals surface area contributed by atoms with Gasteiger partial charge in [0.25, 0.3) is 0 Å². The molecule has 0 radical (unpaired) electrons. The molecule has 0 spiro atoms. The van der Waals surface area contributed by atoms with Crippen molar-refractivity contribution in [3.8, 4) is 0 Å². The van der Waals surface area contributed by atoms with Crippen molar-refractivity contribution >= 4 is 22.7 Å². The van der Waals surface area contributed by atoms with Crippen molar-refractivity contribution in [3.05, 3.63) is 120 Å². The van der Waals surface area contributed by atoms with E-state index in [-0.39, 0.29) is 5.41 Å². The van der Waals surface area contributed by atoms with Crippen LogP contribution in [0, 0.1) is 23.7 Å². The molecule has 36 heavy (non-hydrogen) atoms. The van der Waals surface area contributed by atoms with E-state index >= 15 is 0 Å². The Morgan fingerprint density at radius 2 is 0.778 bits per heavy atom. The maximum Gasteiger partial charge on any atom is 0.0384 e. The summed E-state index contributed by atoms with van der Waals surface area (Å²) in [5, 5.41) is 7.15. The molecule has 0 heterocycles. The number of rotatable bonds is 6. The van der Waals surface area contributed by atoms with Gasteiger partial charge in [0.1, 0.15) is 0 Å². The Bertz CT molecular complexity index is 1190. The van der Waals surface area contributed by atoms with Crippen LogP contribution in [0.2, 0.25) is 0 Å². The van der Waals surface area contributed by atoms with Crippen LogP contribution in [-0.4, -0.2) is 0 Å². The first-order valence-corrected chi connectivity index (χ1v) is 13.6. The summed E-state index contributed by atoms with van der Waals surface area (Å²) < 4.78 is 0. The highest BCUT2D eigenvalue weighted by atomic mass is 14.9. The summed E-state index contributed by atoms with van der Waals surface area (Å²) in [6.07, 6.45) is 7.03. The third kappa shape index (κ3) is 3.71. The zero-order valence-electron chi connectivity index (χ0n) is 20.7. The second-order valence-corrected chi connectivity index (χ2v) is 11.3. The number of nitrogens with one attached hydrogen (secondary N) is 2. The van der Waals surface area contributed by atoms with Gasteiger partial charge in [-0.2, -0.15) is 0 Å². The molecule has 4 aromatic rings. The highest BCUT2D eigenvalue weighted by molar-refractivity contribution is 5.62. The standard InChI is InChI=1S/C34H34N2/c1-3-7-30(8-4-1)35-32-15-11-26(12-16-32)34(28-20-24-19-25(22-28)23-29(34)21-24)27-13-17-33(18-14-27)36-31-9-5-2-6-10-31/h1-18,24-25,28-29,35-36H,19-23H2. The lowest BCUT2D eigenvalue weighted by molar-refractivity contribution is -0.0418. The molecule has 0 atom stereocenters. The van der Waals surface area contributed by atoms with E-state index in [4.69, 9.17) is 0 Å². The Kier molecular flexibility index (Phi) is 5.34. The Morgan fingerprint density at radius 1 is 0.417 bits per heavy atom. The third-order valence-electron chi connectivity index (χ3n) is 9.28. The van der Waals surface area contributed by atoms with Gasteiger partial charge in [-0.25, -0.2) is 0 Å². The SMILES string of the molecule is c1ccc(Nc2ccc(C3(c4ccc(Nc5ccccc5)cc4)C4CC5CC(C4)CC3C5)cc2)cc1. The van der Waals surface area contributed by atoms with Crippen LogP contribution in [0.15, 0.2) is 109 Å². The fraction of sp³-hybridized carbons (Fsp3) is 0.294. The van der Waals surface area contributed by atoms with Crippen LogP contribution in [0.4, 0.5) is 22.7 Å². The van der Waals surface area contributed by atoms with E-state index in [0.717, 1.165) is 46.4 Å². The van der Waals surface area contributed by atoms with Crippen LogP contribution in [-0.2, 0) is 5.41 Å². The molecule has 0 aromatic heterocycles. The summed E-state index contributed by atoms with van der Waals surface area (Å²) in [6, 6.07) is 39.8. The van der Waals surface area contributed by atoms with E-state index in [1.807, 2.05) is 0 Å². The van der Waals surface area contributed by atoms with Crippen molar-refractivity contribution < 1.29 is 0 Å². The lowest BCUT2D eigenvalue weighted by atomic mass is 9.42. The van der Waals surface area contributed by atoms with Gasteiger partial charge in [-0.15, -0.1) is 0 Å². The number of hydrogen-bond acceptors (Lipinski definition) is 2. The molecule has 8 rings (SSSR count). The van der Waals surface area contributed by atoms with E-state index in [1.54, 1.807) is 0 Å². The fourth-order valence-corrected chi connectivity index (χ4v) is 8.07. The summed E-state index contributed by atoms with van der Waals surface area (Å²) in [5.74, 6) is 3.38. The zero-order chi connectivity index (χ0) is 24.0. The molecule has 4 aliphatic carbocycles. The minimum Gasteiger partial charge on any atom is -0.356 e. The van der Waals surface area contributed by atoms with Crippen LogP contribution < -0.4 is 10.6 Å². The molecule has 0 saturated heterocycles. The van der Waals surface area contributed by atoms with Gasteiger partial charge in [-0.3, -0.25) is 0 Å². The van der Waals surface area contributed by atoms with Gasteiger partial charge < -0.3 is 10.6 Å². The van der Waals surface area contributed by atoms with Crippen LogP contribution in [0.3, 0.4) is 0 Å². The quantitative estimate of drug-likeness (QED) is 0.294. The van der Waals surface area contributed by atoms with Crippen molar-refractivity contribution in [2.45, 2.75) is 37.5 Å². The minimum absolute atomic E-state index is 0.129.